The highest BCUT2D eigenvalue weighted by molar-refractivity contribution is 6.00. The molecule has 1 atom stereocenters. The number of pyridine rings is 1. The van der Waals surface area contributed by atoms with Crippen molar-refractivity contribution in [1.82, 2.24) is 20.9 Å². The van der Waals surface area contributed by atoms with Crippen LogP contribution in [0.1, 0.15) is 6.42 Å². The van der Waals surface area contributed by atoms with Crippen molar-refractivity contribution in [1.29, 1.82) is 0 Å². The van der Waals surface area contributed by atoms with Gasteiger partial charge in [-0.3, -0.25) is 4.98 Å². The average Bonchev–Trinajstić information content (AvgIpc) is 2.70. The van der Waals surface area contributed by atoms with Gasteiger partial charge in [-0.1, -0.05) is 24.3 Å². The van der Waals surface area contributed by atoms with E-state index in [1.165, 1.54) is 17.8 Å². The summed E-state index contributed by atoms with van der Waals surface area (Å²) in [6.07, 6.45) is 10.0. The molecule has 0 radical (unpaired) electrons. The Bertz CT molecular complexity index is 966. The van der Waals surface area contributed by atoms with Crippen LogP contribution in [0.4, 0.5) is 14.9 Å². The number of carbonyl (C=O) groups is 1. The van der Waals surface area contributed by atoms with E-state index < -0.39 is 5.82 Å². The number of urea groups is 1. The highest BCUT2D eigenvalue weighted by Crippen LogP contribution is 2.23. The van der Waals surface area contributed by atoms with Gasteiger partial charge in [0, 0.05) is 23.8 Å². The van der Waals surface area contributed by atoms with Gasteiger partial charge in [0.25, 0.3) is 0 Å². The van der Waals surface area contributed by atoms with Crippen molar-refractivity contribution in [2.45, 2.75) is 12.6 Å². The molecule has 7 heteroatoms. The van der Waals surface area contributed by atoms with E-state index >= 15 is 0 Å². The van der Waals surface area contributed by atoms with Crippen LogP contribution in [0.2, 0.25) is 0 Å². The summed E-state index contributed by atoms with van der Waals surface area (Å²) < 4.78 is 13.9. The monoisotopic (exact) mass is 365 g/mol. The van der Waals surface area contributed by atoms with Gasteiger partial charge in [0.1, 0.15) is 17.5 Å². The second-order valence-electron chi connectivity index (χ2n) is 6.36. The summed E-state index contributed by atoms with van der Waals surface area (Å²) in [6.45, 7) is 1.79. The van der Waals surface area contributed by atoms with Gasteiger partial charge >= 0.3 is 6.03 Å². The summed E-state index contributed by atoms with van der Waals surface area (Å²) in [4.78, 5) is 16.5. The second-order valence-corrected chi connectivity index (χ2v) is 6.36. The minimum Gasteiger partial charge on any atom is -0.362 e. The molecule has 4 rings (SSSR count). The third-order valence-electron chi connectivity index (χ3n) is 4.54. The van der Waals surface area contributed by atoms with Crippen molar-refractivity contribution in [2.75, 3.05) is 18.4 Å². The van der Waals surface area contributed by atoms with E-state index in [-0.39, 0.29) is 17.7 Å². The van der Waals surface area contributed by atoms with E-state index in [9.17, 15) is 9.18 Å². The first-order valence-electron chi connectivity index (χ1n) is 8.86. The minimum absolute atomic E-state index is 0.231. The van der Waals surface area contributed by atoms with Crippen LogP contribution in [0.25, 0.3) is 10.9 Å². The third-order valence-corrected chi connectivity index (χ3v) is 4.54. The summed E-state index contributed by atoms with van der Waals surface area (Å²) in [5.41, 5.74) is 2.99. The van der Waals surface area contributed by atoms with Gasteiger partial charge in [0.05, 0.1) is 5.69 Å². The van der Waals surface area contributed by atoms with Crippen molar-refractivity contribution < 1.29 is 9.18 Å². The van der Waals surface area contributed by atoms with Crippen molar-refractivity contribution >= 4 is 22.6 Å². The second kappa shape index (κ2) is 7.59. The van der Waals surface area contributed by atoms with E-state index in [1.807, 2.05) is 18.2 Å². The molecule has 0 aliphatic carbocycles. The Balaban J connectivity index is 1.43. The van der Waals surface area contributed by atoms with Gasteiger partial charge in [-0.05, 0) is 42.8 Å². The van der Waals surface area contributed by atoms with Crippen LogP contribution >= 0.6 is 0 Å². The number of nitrogens with zero attached hydrogens (tertiary/aromatic N) is 1. The number of hydrogen-bond acceptors (Lipinski definition) is 4. The Morgan fingerprint density at radius 3 is 3.07 bits per heavy atom. The number of fused-ring (bicyclic) bond motifs is 1. The predicted octanol–water partition coefficient (Wildman–Crippen LogP) is 2.78. The number of anilines is 1. The Hall–Kier alpha value is -3.19. The van der Waals surface area contributed by atoms with E-state index in [1.54, 1.807) is 18.2 Å². The molecule has 0 saturated heterocycles. The molecule has 1 aromatic heterocycles. The van der Waals surface area contributed by atoms with Gasteiger partial charge in [0.2, 0.25) is 0 Å². The summed E-state index contributed by atoms with van der Waals surface area (Å²) in [6, 6.07) is 5.94. The van der Waals surface area contributed by atoms with Crippen LogP contribution in [0.5, 0.6) is 0 Å². The molecule has 1 aromatic carbocycles. The van der Waals surface area contributed by atoms with Crippen molar-refractivity contribution in [2.24, 2.45) is 0 Å². The summed E-state index contributed by atoms with van der Waals surface area (Å²) in [7, 11) is 0. The zero-order valence-corrected chi connectivity index (χ0v) is 14.6. The lowest BCUT2D eigenvalue weighted by molar-refractivity contribution is 0.249. The first-order valence-corrected chi connectivity index (χ1v) is 8.86. The molecule has 0 saturated carbocycles. The average molecular weight is 365 g/mol. The topological polar surface area (TPSA) is 78.1 Å². The van der Waals surface area contributed by atoms with Gasteiger partial charge in [-0.2, -0.15) is 0 Å². The first kappa shape index (κ1) is 17.2. The first-order chi connectivity index (χ1) is 13.2. The normalized spacial score (nSPS) is 19.1. The molecular weight excluding hydrogens is 345 g/mol. The molecule has 3 heterocycles. The van der Waals surface area contributed by atoms with Crippen molar-refractivity contribution in [3.63, 3.8) is 0 Å². The van der Waals surface area contributed by atoms with Crippen LogP contribution in [0.15, 0.2) is 66.0 Å². The molecule has 0 bridgehead atoms. The minimum atomic E-state index is -0.418. The highest BCUT2D eigenvalue weighted by atomic mass is 19.1. The van der Waals surface area contributed by atoms with Gasteiger partial charge in [-0.15, -0.1) is 0 Å². The number of allylic oxidation sites excluding steroid dienone is 3. The fraction of sp³-hybridized carbons (Fsp3) is 0.200. The molecule has 0 spiro atoms. The molecule has 4 N–H and O–H groups in total. The fourth-order valence-electron chi connectivity index (χ4n) is 3.23. The number of rotatable bonds is 3. The smallest absolute Gasteiger partial charge is 0.321 e. The zero-order chi connectivity index (χ0) is 18.6. The maximum atomic E-state index is 13.9. The number of carbonyl (C=O) groups excluding carboxylic acids is 1. The lowest BCUT2D eigenvalue weighted by Gasteiger charge is -2.26. The maximum absolute atomic E-state index is 13.9. The van der Waals surface area contributed by atoms with Crippen LogP contribution in [-0.4, -0.2) is 30.3 Å². The molecule has 0 fully saturated rings. The zero-order valence-electron chi connectivity index (χ0n) is 14.6. The SMILES string of the molecule is O=C(Nc1ccnc2c(F)cccc12)NC1C=CC=C(C2=CCNCC2)N1. The van der Waals surface area contributed by atoms with E-state index in [0.717, 1.165) is 25.2 Å². The van der Waals surface area contributed by atoms with Gasteiger partial charge < -0.3 is 21.3 Å². The van der Waals surface area contributed by atoms with E-state index in [0.29, 0.717) is 11.1 Å². The molecule has 6 nitrogen and oxygen atoms in total. The number of benzene rings is 1. The standard InChI is InChI=1S/C20H20FN5O/c21-15-4-1-3-14-17(9-12-23-19(14)15)25-20(27)26-18-6-2-5-16(24-18)13-7-10-22-11-8-13/h1-7,9,12,18,22,24H,8,10-11H2,(H2,23,25,26,27). The summed E-state index contributed by atoms with van der Waals surface area (Å²) in [5, 5.41) is 12.8. The van der Waals surface area contributed by atoms with Gasteiger partial charge in [-0.25, -0.2) is 9.18 Å². The number of hydrogen-bond donors (Lipinski definition) is 4. The van der Waals surface area contributed by atoms with Crippen molar-refractivity contribution in [3.05, 3.63) is 71.9 Å². The number of halogens is 1. The van der Waals surface area contributed by atoms with Gasteiger partial charge in [0.15, 0.2) is 0 Å². The largest absolute Gasteiger partial charge is 0.362 e. The van der Waals surface area contributed by atoms with E-state index in [2.05, 4.69) is 32.3 Å². The number of amides is 2. The van der Waals surface area contributed by atoms with Crippen molar-refractivity contribution in [3.8, 4) is 0 Å². The molecule has 2 aliphatic rings. The molecule has 2 amide bonds. The molecule has 2 aliphatic heterocycles. The Kier molecular flexibility index (Phi) is 4.84. The van der Waals surface area contributed by atoms with Crippen LogP contribution < -0.4 is 21.3 Å². The lowest BCUT2D eigenvalue weighted by Crippen LogP contribution is -2.46. The van der Waals surface area contributed by atoms with Crippen LogP contribution in [0, 0.1) is 5.82 Å². The molecule has 2 aromatic rings. The Labute approximate surface area is 156 Å². The number of dihydropyridines is 1. The molecular formula is C20H20FN5O. The number of nitrogens with one attached hydrogen (secondary N) is 4. The molecule has 1 unspecified atom stereocenters. The summed E-state index contributed by atoms with van der Waals surface area (Å²) >= 11 is 0. The molecule has 138 valence electrons. The van der Waals surface area contributed by atoms with E-state index in [4.69, 9.17) is 0 Å². The highest BCUT2D eigenvalue weighted by Gasteiger charge is 2.17. The Morgan fingerprint density at radius 1 is 1.30 bits per heavy atom. The predicted molar refractivity (Wildman–Crippen MR) is 104 cm³/mol. The lowest BCUT2D eigenvalue weighted by atomic mass is 10.0. The Morgan fingerprint density at radius 2 is 2.22 bits per heavy atom. The third kappa shape index (κ3) is 3.83. The number of aromatic nitrogens is 1. The molecule has 27 heavy (non-hydrogen) atoms. The number of para-hydroxylation sites is 1. The summed E-state index contributed by atoms with van der Waals surface area (Å²) in [5.74, 6) is -0.418. The maximum Gasteiger partial charge on any atom is 0.321 e. The quantitative estimate of drug-likeness (QED) is 0.675. The van der Waals surface area contributed by atoms with Crippen LogP contribution in [-0.2, 0) is 0 Å². The van der Waals surface area contributed by atoms with Crippen LogP contribution in [0.3, 0.4) is 0 Å². The fourth-order valence-corrected chi connectivity index (χ4v) is 3.23.